The fourth-order valence-corrected chi connectivity index (χ4v) is 4.31. The highest BCUT2D eigenvalue weighted by Crippen LogP contribution is 2.44. The highest BCUT2D eigenvalue weighted by Gasteiger charge is 2.46. The number of benzene rings is 2. The molecular weight excluding hydrogens is 341 g/mol. The lowest BCUT2D eigenvalue weighted by Gasteiger charge is -2.40. The average Bonchev–Trinajstić information content (AvgIpc) is 2.49. The number of rotatable bonds is 5. The Morgan fingerprint density at radius 1 is 1.08 bits per heavy atom. The number of carbonyl (C=O) groups is 1. The SMILES string of the molecule is Cc1ccc(CS(=O)(=O)NC(=O)C2(c3ccc(F)cc3)CCC2)cc1. The van der Waals surface area contributed by atoms with Crippen molar-refractivity contribution in [3.63, 3.8) is 0 Å². The van der Waals surface area contributed by atoms with Gasteiger partial charge in [0.05, 0.1) is 11.2 Å². The molecule has 1 fully saturated rings. The molecule has 132 valence electrons. The van der Waals surface area contributed by atoms with Crippen LogP contribution in [0.1, 0.15) is 36.0 Å². The second-order valence-electron chi connectivity index (χ2n) is 6.62. The van der Waals surface area contributed by atoms with E-state index in [9.17, 15) is 17.6 Å². The molecule has 0 heterocycles. The summed E-state index contributed by atoms with van der Waals surface area (Å²) in [5.74, 6) is -1.17. The van der Waals surface area contributed by atoms with E-state index in [0.29, 0.717) is 24.0 Å². The molecule has 1 aliphatic rings. The van der Waals surface area contributed by atoms with E-state index in [1.807, 2.05) is 19.1 Å². The van der Waals surface area contributed by atoms with Gasteiger partial charge in [-0.3, -0.25) is 9.52 Å². The molecule has 4 nitrogen and oxygen atoms in total. The Morgan fingerprint density at radius 3 is 2.20 bits per heavy atom. The predicted molar refractivity (Wildman–Crippen MR) is 93.9 cm³/mol. The highest BCUT2D eigenvalue weighted by molar-refractivity contribution is 7.89. The smallest absolute Gasteiger partial charge is 0.244 e. The molecule has 3 rings (SSSR count). The van der Waals surface area contributed by atoms with Gasteiger partial charge < -0.3 is 0 Å². The maximum absolute atomic E-state index is 13.1. The minimum Gasteiger partial charge on any atom is -0.273 e. The van der Waals surface area contributed by atoms with Gasteiger partial charge >= 0.3 is 0 Å². The van der Waals surface area contributed by atoms with E-state index in [4.69, 9.17) is 0 Å². The standard InChI is InChI=1S/C19H20FNO3S/c1-14-3-5-15(6-4-14)13-25(23,24)21-18(22)19(11-2-12-19)16-7-9-17(20)10-8-16/h3-10H,2,11-13H2,1H3,(H,21,22). The third kappa shape index (κ3) is 3.74. The zero-order valence-corrected chi connectivity index (χ0v) is 14.8. The maximum atomic E-state index is 13.1. The molecule has 0 radical (unpaired) electrons. The second-order valence-corrected chi connectivity index (χ2v) is 8.34. The van der Waals surface area contributed by atoms with Crippen LogP contribution >= 0.6 is 0 Å². The molecule has 0 bridgehead atoms. The van der Waals surface area contributed by atoms with Gasteiger partial charge in [0, 0.05) is 0 Å². The first-order valence-electron chi connectivity index (χ1n) is 8.17. The Kier molecular flexibility index (Phi) is 4.64. The molecule has 25 heavy (non-hydrogen) atoms. The molecule has 1 N–H and O–H groups in total. The fraction of sp³-hybridized carbons (Fsp3) is 0.316. The highest BCUT2D eigenvalue weighted by atomic mass is 32.2. The molecule has 0 unspecified atom stereocenters. The van der Waals surface area contributed by atoms with Crippen LogP contribution in [0.15, 0.2) is 48.5 Å². The van der Waals surface area contributed by atoms with Crippen molar-refractivity contribution in [1.82, 2.24) is 4.72 Å². The van der Waals surface area contributed by atoms with Crippen LogP contribution in [-0.4, -0.2) is 14.3 Å². The molecule has 1 amide bonds. The van der Waals surface area contributed by atoms with Gasteiger partial charge in [0.15, 0.2) is 0 Å². The van der Waals surface area contributed by atoms with E-state index < -0.39 is 21.3 Å². The van der Waals surface area contributed by atoms with E-state index in [-0.39, 0.29) is 11.6 Å². The Balaban J connectivity index is 1.77. The van der Waals surface area contributed by atoms with Crippen LogP contribution in [0, 0.1) is 12.7 Å². The van der Waals surface area contributed by atoms with Gasteiger partial charge in [-0.2, -0.15) is 0 Å². The van der Waals surface area contributed by atoms with E-state index in [1.54, 1.807) is 24.3 Å². The van der Waals surface area contributed by atoms with Crippen molar-refractivity contribution in [2.45, 2.75) is 37.4 Å². The first-order chi connectivity index (χ1) is 11.8. The molecular formula is C19H20FNO3S. The lowest BCUT2D eigenvalue weighted by atomic mass is 9.64. The van der Waals surface area contributed by atoms with Crippen LogP contribution < -0.4 is 4.72 Å². The number of sulfonamides is 1. The van der Waals surface area contributed by atoms with E-state index in [2.05, 4.69) is 4.72 Å². The summed E-state index contributed by atoms with van der Waals surface area (Å²) in [7, 11) is -3.80. The maximum Gasteiger partial charge on any atom is 0.244 e. The summed E-state index contributed by atoms with van der Waals surface area (Å²) >= 11 is 0. The number of halogens is 1. The first-order valence-corrected chi connectivity index (χ1v) is 9.82. The zero-order valence-electron chi connectivity index (χ0n) is 14.0. The molecule has 1 aliphatic carbocycles. The molecule has 2 aromatic rings. The summed E-state index contributed by atoms with van der Waals surface area (Å²) in [6.07, 6.45) is 1.96. The van der Waals surface area contributed by atoms with Crippen molar-refractivity contribution < 1.29 is 17.6 Å². The average molecular weight is 361 g/mol. The fourth-order valence-electron chi connectivity index (χ4n) is 3.12. The Labute approximate surface area is 147 Å². The van der Waals surface area contributed by atoms with Crippen molar-refractivity contribution in [2.75, 3.05) is 0 Å². The van der Waals surface area contributed by atoms with Crippen molar-refractivity contribution >= 4 is 15.9 Å². The van der Waals surface area contributed by atoms with Gasteiger partial charge in [-0.1, -0.05) is 48.4 Å². The third-order valence-electron chi connectivity index (χ3n) is 4.76. The van der Waals surface area contributed by atoms with Gasteiger partial charge in [-0.25, -0.2) is 12.8 Å². The van der Waals surface area contributed by atoms with Crippen LogP contribution in [0.2, 0.25) is 0 Å². The van der Waals surface area contributed by atoms with Crippen LogP contribution in [0.4, 0.5) is 4.39 Å². The van der Waals surface area contributed by atoms with Crippen LogP contribution in [0.25, 0.3) is 0 Å². The summed E-state index contributed by atoms with van der Waals surface area (Å²) in [4.78, 5) is 12.7. The summed E-state index contributed by atoms with van der Waals surface area (Å²) in [6.45, 7) is 1.92. The van der Waals surface area contributed by atoms with Crippen molar-refractivity contribution in [3.05, 3.63) is 71.0 Å². The van der Waals surface area contributed by atoms with Gasteiger partial charge in [-0.15, -0.1) is 0 Å². The Hall–Kier alpha value is -2.21. The molecule has 0 atom stereocenters. The summed E-state index contributed by atoms with van der Waals surface area (Å²) < 4.78 is 40.1. The van der Waals surface area contributed by atoms with E-state index in [1.165, 1.54) is 12.1 Å². The van der Waals surface area contributed by atoms with Crippen LogP contribution in [0.5, 0.6) is 0 Å². The van der Waals surface area contributed by atoms with Gasteiger partial charge in [0.25, 0.3) is 0 Å². The van der Waals surface area contributed by atoms with Gasteiger partial charge in [0.1, 0.15) is 5.82 Å². The van der Waals surface area contributed by atoms with Crippen molar-refractivity contribution in [2.24, 2.45) is 0 Å². The second kappa shape index (κ2) is 6.59. The number of amides is 1. The predicted octanol–water partition coefficient (Wildman–Crippen LogP) is 3.20. The van der Waals surface area contributed by atoms with Crippen LogP contribution in [0.3, 0.4) is 0 Å². The van der Waals surface area contributed by atoms with Crippen LogP contribution in [-0.2, 0) is 26.0 Å². The van der Waals surface area contributed by atoms with Gasteiger partial charge in [-0.05, 0) is 43.0 Å². The monoisotopic (exact) mass is 361 g/mol. The molecule has 0 spiro atoms. The summed E-state index contributed by atoms with van der Waals surface area (Å²) in [5, 5.41) is 0. The minimum absolute atomic E-state index is 0.251. The Morgan fingerprint density at radius 2 is 1.68 bits per heavy atom. The topological polar surface area (TPSA) is 63.2 Å². The zero-order chi connectivity index (χ0) is 18.1. The minimum atomic E-state index is -3.80. The van der Waals surface area contributed by atoms with E-state index in [0.717, 1.165) is 12.0 Å². The number of aryl methyl sites for hydroxylation is 1. The lowest BCUT2D eigenvalue weighted by Crippen LogP contribution is -2.51. The molecule has 1 saturated carbocycles. The number of hydrogen-bond acceptors (Lipinski definition) is 3. The quantitative estimate of drug-likeness (QED) is 0.889. The largest absolute Gasteiger partial charge is 0.273 e. The van der Waals surface area contributed by atoms with Gasteiger partial charge in [0.2, 0.25) is 15.9 Å². The number of hydrogen-bond donors (Lipinski definition) is 1. The molecule has 0 aromatic heterocycles. The summed E-state index contributed by atoms with van der Waals surface area (Å²) in [6, 6.07) is 12.8. The van der Waals surface area contributed by atoms with Crippen molar-refractivity contribution in [3.8, 4) is 0 Å². The summed E-state index contributed by atoms with van der Waals surface area (Å²) in [5.41, 5.74) is 1.43. The first kappa shape index (κ1) is 17.6. The normalized spacial score (nSPS) is 16.1. The number of carbonyl (C=O) groups excluding carboxylic acids is 1. The van der Waals surface area contributed by atoms with E-state index >= 15 is 0 Å². The molecule has 0 aliphatic heterocycles. The number of nitrogens with one attached hydrogen (secondary N) is 1. The third-order valence-corrected chi connectivity index (χ3v) is 5.97. The van der Waals surface area contributed by atoms with Crippen molar-refractivity contribution in [1.29, 1.82) is 0 Å². The lowest BCUT2D eigenvalue weighted by molar-refractivity contribution is -0.128. The molecule has 6 heteroatoms. The molecule has 0 saturated heterocycles. The molecule has 2 aromatic carbocycles. The Bertz CT molecular complexity index is 870.